The molecule has 0 aliphatic rings. The second-order valence-corrected chi connectivity index (χ2v) is 4.78. The number of aromatic hydroxyl groups is 2. The fraction of sp³-hybridized carbons (Fsp3) is 0.312. The fourth-order valence-corrected chi connectivity index (χ4v) is 1.79. The second kappa shape index (κ2) is 9.19. The Morgan fingerprint density at radius 1 is 1.17 bits per heavy atom. The van der Waals surface area contributed by atoms with Crippen molar-refractivity contribution in [2.24, 2.45) is 0 Å². The van der Waals surface area contributed by atoms with Crippen LogP contribution in [-0.4, -0.2) is 48.3 Å². The van der Waals surface area contributed by atoms with Crippen LogP contribution in [0.2, 0.25) is 0 Å². The highest BCUT2D eigenvalue weighted by molar-refractivity contribution is 5.94. The van der Waals surface area contributed by atoms with Crippen molar-refractivity contribution in [1.82, 2.24) is 5.32 Å². The maximum absolute atomic E-state index is 11.9. The van der Waals surface area contributed by atoms with E-state index in [1.165, 1.54) is 38.5 Å². The Kier molecular flexibility index (Phi) is 7.28. The minimum atomic E-state index is -0.987. The molecule has 0 aliphatic heterocycles. The van der Waals surface area contributed by atoms with Crippen molar-refractivity contribution < 1.29 is 34.1 Å². The van der Waals surface area contributed by atoms with E-state index in [0.29, 0.717) is 5.56 Å². The largest absolute Gasteiger partial charge is 0.504 e. The summed E-state index contributed by atoms with van der Waals surface area (Å²) in [6, 6.07) is 3.06. The first-order chi connectivity index (χ1) is 11.4. The Hall–Kier alpha value is -3.03. The molecule has 0 saturated carbocycles. The summed E-state index contributed by atoms with van der Waals surface area (Å²) in [5.74, 6) is -2.35. The lowest BCUT2D eigenvalue weighted by Gasteiger charge is -2.14. The van der Waals surface area contributed by atoms with Gasteiger partial charge in [-0.1, -0.05) is 6.07 Å². The molecular formula is C16H19NO7. The Balaban J connectivity index is 2.69. The number of hydrogen-bond acceptors (Lipinski definition) is 7. The molecule has 0 unspecified atom stereocenters. The van der Waals surface area contributed by atoms with Gasteiger partial charge in [-0.05, 0) is 30.2 Å². The third-order valence-electron chi connectivity index (χ3n) is 3.09. The van der Waals surface area contributed by atoms with Crippen LogP contribution in [-0.2, 0) is 23.9 Å². The lowest BCUT2D eigenvalue weighted by molar-refractivity contribution is -0.146. The van der Waals surface area contributed by atoms with E-state index < -0.39 is 23.9 Å². The molecule has 1 aromatic carbocycles. The average molecular weight is 337 g/mol. The molecular weight excluding hydrogens is 318 g/mol. The lowest BCUT2D eigenvalue weighted by Crippen LogP contribution is -2.41. The summed E-state index contributed by atoms with van der Waals surface area (Å²) in [6.07, 6.45) is 2.54. The van der Waals surface area contributed by atoms with E-state index in [2.05, 4.69) is 14.8 Å². The molecule has 0 spiro atoms. The van der Waals surface area contributed by atoms with Gasteiger partial charge in [-0.15, -0.1) is 0 Å². The molecule has 0 aliphatic carbocycles. The third-order valence-corrected chi connectivity index (χ3v) is 3.09. The van der Waals surface area contributed by atoms with Gasteiger partial charge in [0.1, 0.15) is 6.04 Å². The summed E-state index contributed by atoms with van der Waals surface area (Å²) in [6.45, 7) is 0. The molecule has 3 N–H and O–H groups in total. The van der Waals surface area contributed by atoms with Gasteiger partial charge in [0.15, 0.2) is 11.5 Å². The number of hydrogen-bond donors (Lipinski definition) is 3. The van der Waals surface area contributed by atoms with Crippen molar-refractivity contribution >= 4 is 23.9 Å². The molecule has 130 valence electrons. The van der Waals surface area contributed by atoms with Gasteiger partial charge in [0.25, 0.3) is 0 Å². The highest BCUT2D eigenvalue weighted by Crippen LogP contribution is 2.25. The number of amides is 1. The van der Waals surface area contributed by atoms with E-state index in [9.17, 15) is 24.6 Å². The summed E-state index contributed by atoms with van der Waals surface area (Å²) in [7, 11) is 2.40. The number of nitrogens with one attached hydrogen (secondary N) is 1. The van der Waals surface area contributed by atoms with Gasteiger partial charge in [0.2, 0.25) is 5.91 Å². The van der Waals surface area contributed by atoms with E-state index in [1.807, 2.05) is 0 Å². The van der Waals surface area contributed by atoms with Crippen LogP contribution in [0.15, 0.2) is 24.3 Å². The Morgan fingerprint density at radius 2 is 1.88 bits per heavy atom. The van der Waals surface area contributed by atoms with Crippen molar-refractivity contribution in [3.8, 4) is 11.5 Å². The molecule has 0 fully saturated rings. The first-order valence-electron chi connectivity index (χ1n) is 7.02. The van der Waals surface area contributed by atoms with Gasteiger partial charge in [-0.3, -0.25) is 9.59 Å². The number of methoxy groups -OCH3 is 2. The van der Waals surface area contributed by atoms with E-state index in [1.54, 1.807) is 0 Å². The molecule has 1 aromatic rings. The molecule has 8 nitrogen and oxygen atoms in total. The van der Waals surface area contributed by atoms with Crippen LogP contribution >= 0.6 is 0 Å². The van der Waals surface area contributed by atoms with Gasteiger partial charge >= 0.3 is 11.9 Å². The third kappa shape index (κ3) is 5.99. The van der Waals surface area contributed by atoms with Crippen molar-refractivity contribution in [2.45, 2.75) is 18.9 Å². The van der Waals surface area contributed by atoms with Gasteiger partial charge in [0, 0.05) is 12.5 Å². The second-order valence-electron chi connectivity index (χ2n) is 4.78. The van der Waals surface area contributed by atoms with Crippen LogP contribution in [0.3, 0.4) is 0 Å². The molecule has 8 heteroatoms. The van der Waals surface area contributed by atoms with E-state index in [4.69, 9.17) is 0 Å². The fourth-order valence-electron chi connectivity index (χ4n) is 1.79. The number of ether oxygens (including phenoxy) is 2. The Bertz CT molecular complexity index is 639. The standard InChI is InChI=1S/C16H19NO7/c1-23-15(21)8-5-11(16(22)24-2)17-14(20)7-4-10-3-6-12(18)13(19)9-10/h3-4,6-7,9,11,18-19H,5,8H2,1-2H3,(H,17,20)/b7-4+/t11-/m0/s1. The summed E-state index contributed by atoms with van der Waals surface area (Å²) in [5, 5.41) is 21.0. The predicted molar refractivity (Wildman–Crippen MR) is 84.0 cm³/mol. The van der Waals surface area contributed by atoms with Crippen LogP contribution in [0.4, 0.5) is 0 Å². The number of carbonyl (C=O) groups excluding carboxylic acids is 3. The van der Waals surface area contributed by atoms with E-state index >= 15 is 0 Å². The van der Waals surface area contributed by atoms with Gasteiger partial charge in [-0.25, -0.2) is 4.79 Å². The van der Waals surface area contributed by atoms with Gasteiger partial charge in [0.05, 0.1) is 14.2 Å². The average Bonchev–Trinajstić information content (AvgIpc) is 2.58. The zero-order chi connectivity index (χ0) is 18.1. The van der Waals surface area contributed by atoms with Crippen molar-refractivity contribution in [1.29, 1.82) is 0 Å². The van der Waals surface area contributed by atoms with Crippen molar-refractivity contribution in [3.05, 3.63) is 29.8 Å². The number of phenols is 2. The molecule has 0 heterocycles. The maximum atomic E-state index is 11.9. The molecule has 0 radical (unpaired) electrons. The zero-order valence-electron chi connectivity index (χ0n) is 13.3. The summed E-state index contributed by atoms with van der Waals surface area (Å²) >= 11 is 0. The van der Waals surface area contributed by atoms with Crippen molar-refractivity contribution in [3.63, 3.8) is 0 Å². The topological polar surface area (TPSA) is 122 Å². The molecule has 0 saturated heterocycles. The molecule has 1 rings (SSSR count). The number of phenolic OH excluding ortho intramolecular Hbond substituents is 2. The minimum Gasteiger partial charge on any atom is -0.504 e. The summed E-state index contributed by atoms with van der Waals surface area (Å²) in [5.41, 5.74) is 0.477. The van der Waals surface area contributed by atoms with Crippen LogP contribution in [0.25, 0.3) is 6.08 Å². The monoisotopic (exact) mass is 337 g/mol. The first kappa shape index (κ1) is 19.0. The smallest absolute Gasteiger partial charge is 0.328 e. The highest BCUT2D eigenvalue weighted by Gasteiger charge is 2.21. The number of carbonyl (C=O) groups is 3. The highest BCUT2D eigenvalue weighted by atomic mass is 16.5. The van der Waals surface area contributed by atoms with Gasteiger partial charge < -0.3 is 25.0 Å². The summed E-state index contributed by atoms with van der Waals surface area (Å²) in [4.78, 5) is 34.6. The molecule has 1 atom stereocenters. The lowest BCUT2D eigenvalue weighted by atomic mass is 10.1. The number of esters is 2. The van der Waals surface area contributed by atoms with E-state index in [-0.39, 0.29) is 24.3 Å². The molecule has 1 amide bonds. The molecule has 24 heavy (non-hydrogen) atoms. The van der Waals surface area contributed by atoms with Crippen LogP contribution < -0.4 is 5.32 Å². The number of rotatable bonds is 7. The first-order valence-corrected chi connectivity index (χ1v) is 7.02. The number of benzene rings is 1. The molecule has 0 aromatic heterocycles. The Labute approximate surface area is 138 Å². The van der Waals surface area contributed by atoms with Gasteiger partial charge in [-0.2, -0.15) is 0 Å². The summed E-state index contributed by atoms with van der Waals surface area (Å²) < 4.78 is 9.06. The van der Waals surface area contributed by atoms with Crippen molar-refractivity contribution in [2.75, 3.05) is 14.2 Å². The quantitative estimate of drug-likeness (QED) is 0.381. The molecule has 0 bridgehead atoms. The maximum Gasteiger partial charge on any atom is 0.328 e. The van der Waals surface area contributed by atoms with Crippen LogP contribution in [0.5, 0.6) is 11.5 Å². The Morgan fingerprint density at radius 3 is 2.46 bits per heavy atom. The normalized spacial score (nSPS) is 11.8. The minimum absolute atomic E-state index is 0.0406. The predicted octanol–water partition coefficient (Wildman–Crippen LogP) is 0.722. The SMILES string of the molecule is COC(=O)CC[C@H](NC(=O)/C=C/c1ccc(O)c(O)c1)C(=O)OC. The zero-order valence-corrected chi connectivity index (χ0v) is 13.3. The van der Waals surface area contributed by atoms with Crippen LogP contribution in [0.1, 0.15) is 18.4 Å². The van der Waals surface area contributed by atoms with Crippen LogP contribution in [0, 0.1) is 0 Å². The van der Waals surface area contributed by atoms with E-state index in [0.717, 1.165) is 6.08 Å².